The van der Waals surface area contributed by atoms with Gasteiger partial charge in [-0.3, -0.25) is 0 Å². The van der Waals surface area contributed by atoms with Crippen LogP contribution in [0.5, 0.6) is 17.2 Å². The van der Waals surface area contributed by atoms with Crippen LogP contribution in [0.4, 0.5) is 0 Å². The Kier molecular flexibility index (Phi) is 16.3. The highest BCUT2D eigenvalue weighted by Gasteiger charge is 2.26. The summed E-state index contributed by atoms with van der Waals surface area (Å²) >= 11 is 0. The number of aryl methyl sites for hydroxylation is 1. The second-order valence-electron chi connectivity index (χ2n) is 14.1. The van der Waals surface area contributed by atoms with E-state index in [1.165, 1.54) is 85.3 Å². The van der Waals surface area contributed by atoms with Gasteiger partial charge in [-0.25, -0.2) is 0 Å². The highest BCUT2D eigenvalue weighted by atomic mass is 16.5. The molecule has 0 aliphatic rings. The van der Waals surface area contributed by atoms with Crippen LogP contribution < -0.4 is 18.8 Å². The number of fused-ring (bicyclic) bond motifs is 1. The summed E-state index contributed by atoms with van der Waals surface area (Å²) in [5.41, 5.74) is 5.49. The number of rotatable bonds is 19. The predicted octanol–water partition coefficient (Wildman–Crippen LogP) is 11.1. The Bertz CT molecular complexity index is 1530. The van der Waals surface area contributed by atoms with Gasteiger partial charge in [-0.2, -0.15) is 29.8 Å². The predicted molar refractivity (Wildman–Crippen MR) is 213 cm³/mol. The molecule has 0 saturated carbocycles. The quantitative estimate of drug-likeness (QED) is 0.0497. The summed E-state index contributed by atoms with van der Waals surface area (Å²) in [7, 11) is 5.16. The summed E-state index contributed by atoms with van der Waals surface area (Å²) in [5, 5.41) is 1.34. The smallest absolute Gasteiger partial charge is 0.212 e. The topological polar surface area (TPSA) is 31.6 Å². The third-order valence-corrected chi connectivity index (χ3v) is 10.2. The van der Waals surface area contributed by atoms with Crippen molar-refractivity contribution in [1.29, 1.82) is 0 Å². The van der Waals surface area contributed by atoms with E-state index in [1.54, 1.807) is 21.3 Å². The Hall–Kier alpha value is -4.25. The van der Waals surface area contributed by atoms with Crippen molar-refractivity contribution >= 4 is 17.0 Å². The molecular weight excluding hydrogens is 613 g/mol. The molecule has 1 heterocycles. The molecule has 0 amide bonds. The van der Waals surface area contributed by atoms with Gasteiger partial charge in [0.2, 0.25) is 5.52 Å². The first-order chi connectivity index (χ1) is 24.5. The van der Waals surface area contributed by atoms with E-state index < -0.39 is 6.15 Å². The van der Waals surface area contributed by atoms with E-state index in [0.29, 0.717) is 0 Å². The average Bonchev–Trinajstić information content (AvgIpc) is 3.16. The molecule has 0 aliphatic carbocycles. The zero-order valence-corrected chi connectivity index (χ0v) is 31.4. The van der Waals surface area contributed by atoms with Gasteiger partial charge in [-0.1, -0.05) is 118 Å². The summed E-state index contributed by atoms with van der Waals surface area (Å²) in [5.74, 6) is 2.72. The first-order valence-corrected chi connectivity index (χ1v) is 19.0. The van der Waals surface area contributed by atoms with E-state index in [2.05, 4.69) is 134 Å². The lowest BCUT2D eigenvalue weighted by Gasteiger charge is -2.41. The summed E-state index contributed by atoms with van der Waals surface area (Å²) < 4.78 is 18.5. The van der Waals surface area contributed by atoms with E-state index in [1.807, 2.05) is 0 Å². The van der Waals surface area contributed by atoms with Gasteiger partial charge in [-0.15, -0.1) is 0 Å². The minimum atomic E-state index is -0.720. The molecule has 0 aliphatic heterocycles. The molecule has 0 unspecified atom stereocenters. The molecule has 50 heavy (non-hydrogen) atoms. The van der Waals surface area contributed by atoms with Crippen LogP contribution in [0.1, 0.15) is 81.9 Å². The molecule has 5 aromatic rings. The number of nitrogens with zero attached hydrogens (tertiary/aromatic N) is 1. The monoisotopic (exact) mass is 673 g/mol. The molecule has 0 spiro atoms. The van der Waals surface area contributed by atoms with Gasteiger partial charge in [-0.05, 0) is 55.0 Å². The normalized spacial score (nSPS) is 11.1. The van der Waals surface area contributed by atoms with Crippen molar-refractivity contribution in [1.82, 2.24) is 0 Å². The minimum absolute atomic E-state index is 0.720. The highest BCUT2D eigenvalue weighted by Crippen LogP contribution is 2.30. The van der Waals surface area contributed by atoms with Crippen LogP contribution in [0.25, 0.3) is 10.9 Å². The molecule has 266 valence electrons. The van der Waals surface area contributed by atoms with Gasteiger partial charge < -0.3 is 14.2 Å². The molecule has 1 aromatic heterocycles. The number of benzene rings is 4. The van der Waals surface area contributed by atoms with Crippen molar-refractivity contribution in [3.8, 4) is 17.2 Å². The molecule has 0 radical (unpaired) electrons. The number of hydrogen-bond donors (Lipinski definition) is 0. The van der Waals surface area contributed by atoms with Crippen LogP contribution in [-0.2, 0) is 25.5 Å². The van der Waals surface area contributed by atoms with Crippen molar-refractivity contribution in [3.05, 3.63) is 132 Å². The number of para-hydroxylation sites is 1. The molecule has 0 saturated heterocycles. The van der Waals surface area contributed by atoms with Crippen LogP contribution in [0.3, 0.4) is 0 Å². The van der Waals surface area contributed by atoms with E-state index in [9.17, 15) is 0 Å². The van der Waals surface area contributed by atoms with Gasteiger partial charge in [0.15, 0.2) is 6.20 Å². The maximum absolute atomic E-state index is 5.38. The summed E-state index contributed by atoms with van der Waals surface area (Å²) in [6.45, 7) is 5.70. The van der Waals surface area contributed by atoms with Crippen LogP contribution in [0, 0.1) is 0 Å². The van der Waals surface area contributed by atoms with Gasteiger partial charge in [0.25, 0.3) is 0 Å². The first kappa shape index (κ1) is 38.6. The Morgan fingerprint density at radius 1 is 0.480 bits per heavy atom. The van der Waals surface area contributed by atoms with Crippen molar-refractivity contribution in [2.24, 2.45) is 0 Å². The van der Waals surface area contributed by atoms with Gasteiger partial charge in [0.1, 0.15) is 23.8 Å². The lowest BCUT2D eigenvalue weighted by atomic mass is 9.16. The van der Waals surface area contributed by atoms with Crippen LogP contribution in [0.2, 0.25) is 6.32 Å². The number of methoxy groups -OCH3 is 3. The number of hydrogen-bond acceptors (Lipinski definition) is 3. The third kappa shape index (κ3) is 12.3. The van der Waals surface area contributed by atoms with Crippen molar-refractivity contribution < 1.29 is 18.8 Å². The fourth-order valence-corrected chi connectivity index (χ4v) is 7.42. The SMILES string of the molecule is CCCCCCCC[n+]1cccc2ccccc21.CCCC[B-](Cc1ccc(OC)cc1)(Cc1ccc(OC)cc1)Cc1ccc(OC)cc1. The van der Waals surface area contributed by atoms with Gasteiger partial charge in [0, 0.05) is 30.1 Å². The first-order valence-electron chi connectivity index (χ1n) is 19.0. The maximum atomic E-state index is 5.38. The third-order valence-electron chi connectivity index (χ3n) is 10.2. The number of pyridine rings is 1. The molecule has 0 fully saturated rings. The Labute approximate surface area is 302 Å². The van der Waals surface area contributed by atoms with Crippen molar-refractivity contribution in [2.75, 3.05) is 21.3 Å². The summed E-state index contributed by atoms with van der Waals surface area (Å²) in [6.07, 6.45) is 16.6. The van der Waals surface area contributed by atoms with E-state index in [4.69, 9.17) is 14.2 Å². The second kappa shape index (κ2) is 21.1. The molecule has 5 rings (SSSR count). The Balaban J connectivity index is 0.000000263. The van der Waals surface area contributed by atoms with Crippen LogP contribution in [-0.4, -0.2) is 27.5 Å². The summed E-state index contributed by atoms with van der Waals surface area (Å²) in [4.78, 5) is 0. The molecular formula is C45H60BNO3. The lowest BCUT2D eigenvalue weighted by molar-refractivity contribution is -0.671. The maximum Gasteiger partial charge on any atom is 0.212 e. The average molecular weight is 674 g/mol. The fraction of sp³-hybridized carbons (Fsp3) is 0.400. The molecule has 4 nitrogen and oxygen atoms in total. The number of unbranched alkanes of at least 4 members (excludes halogenated alkanes) is 6. The molecule has 5 heteroatoms. The van der Waals surface area contributed by atoms with E-state index >= 15 is 0 Å². The van der Waals surface area contributed by atoms with Crippen molar-refractivity contribution in [3.63, 3.8) is 0 Å². The zero-order chi connectivity index (χ0) is 35.4. The van der Waals surface area contributed by atoms with Gasteiger partial charge >= 0.3 is 0 Å². The number of ether oxygens (including phenoxy) is 3. The molecule has 0 N–H and O–H groups in total. The second-order valence-corrected chi connectivity index (χ2v) is 14.1. The minimum Gasteiger partial charge on any atom is -0.497 e. The zero-order valence-electron chi connectivity index (χ0n) is 31.4. The lowest BCUT2D eigenvalue weighted by Crippen LogP contribution is -2.43. The van der Waals surface area contributed by atoms with Crippen LogP contribution >= 0.6 is 0 Å². The van der Waals surface area contributed by atoms with Gasteiger partial charge in [0.05, 0.1) is 21.3 Å². The van der Waals surface area contributed by atoms with E-state index in [-0.39, 0.29) is 0 Å². The summed E-state index contributed by atoms with van der Waals surface area (Å²) in [6, 6.07) is 38.8. The molecule has 4 aromatic carbocycles. The standard InChI is InChI=1S/C28H36BO3.C17H24N/c1-5-6-19-29(20-23-7-13-26(30-2)14-8-23,21-24-9-15-27(31-3)16-10-24)22-25-11-17-28(32-4)18-12-25;1-2-3-4-5-6-9-14-18-15-10-12-16-11-7-8-13-17(16)18/h7-18H,5-6,19-22H2,1-4H3;7-8,10-13,15H,2-6,9,14H2,1H3/q-1;+1. The van der Waals surface area contributed by atoms with Crippen molar-refractivity contribution in [2.45, 2.75) is 97.0 Å². The molecule has 0 atom stereocenters. The Morgan fingerprint density at radius 2 is 0.920 bits per heavy atom. The van der Waals surface area contributed by atoms with Crippen LogP contribution in [0.15, 0.2) is 115 Å². The Morgan fingerprint density at radius 3 is 1.40 bits per heavy atom. The van der Waals surface area contributed by atoms with E-state index in [0.717, 1.165) is 42.8 Å². The fourth-order valence-electron chi connectivity index (χ4n) is 7.42. The highest BCUT2D eigenvalue weighted by molar-refractivity contribution is 6.78. The molecule has 0 bridgehead atoms. The largest absolute Gasteiger partial charge is 0.497 e. The number of aromatic nitrogens is 1.